The first-order valence-electron chi connectivity index (χ1n) is 8.63. The van der Waals surface area contributed by atoms with Crippen LogP contribution in [0.1, 0.15) is 51.3 Å². The molecule has 30 heavy (non-hydrogen) atoms. The topological polar surface area (TPSA) is 158 Å². The number of rotatable bonds is 3. The summed E-state index contributed by atoms with van der Waals surface area (Å²) in [5, 5.41) is 40.8. The van der Waals surface area contributed by atoms with Gasteiger partial charge in [0.05, 0.1) is 16.7 Å². The molecule has 0 amide bonds. The second-order valence-electron chi connectivity index (χ2n) is 6.64. The summed E-state index contributed by atoms with van der Waals surface area (Å²) in [7, 11) is 0. The largest absolute Gasteiger partial charge is 0.507 e. The molecule has 1 unspecified atom stereocenters. The highest BCUT2D eigenvalue weighted by Gasteiger charge is 2.36. The van der Waals surface area contributed by atoms with E-state index in [4.69, 9.17) is 0 Å². The molecule has 4 N–H and O–H groups in total. The van der Waals surface area contributed by atoms with Gasteiger partial charge in [-0.25, -0.2) is 4.79 Å². The first kappa shape index (κ1) is 20.7. The molecule has 1 aliphatic carbocycles. The summed E-state index contributed by atoms with van der Waals surface area (Å²) in [4.78, 5) is 48.1. The van der Waals surface area contributed by atoms with Gasteiger partial charge in [0.15, 0.2) is 17.7 Å². The van der Waals surface area contributed by atoms with Gasteiger partial charge in [-0.2, -0.15) is 0 Å². The van der Waals surface area contributed by atoms with E-state index in [-0.39, 0.29) is 27.8 Å². The van der Waals surface area contributed by atoms with E-state index in [9.17, 15) is 39.6 Å². The van der Waals surface area contributed by atoms with Crippen molar-refractivity contribution in [2.45, 2.75) is 20.0 Å². The zero-order chi connectivity index (χ0) is 22.3. The molecule has 154 valence electrons. The van der Waals surface area contributed by atoms with Gasteiger partial charge in [0.25, 0.3) is 0 Å². The third-order valence-electron chi connectivity index (χ3n) is 4.58. The van der Waals surface area contributed by atoms with Crippen LogP contribution in [-0.2, 0) is 14.3 Å². The first-order chi connectivity index (χ1) is 14.0. The Bertz CT molecular complexity index is 1160. The molecule has 1 atom stereocenters. The highest BCUT2D eigenvalue weighted by Crippen LogP contribution is 2.42. The van der Waals surface area contributed by atoms with Gasteiger partial charge in [-0.05, 0) is 30.7 Å². The fraction of sp³-hybridized carbons (Fsp3) is 0.143. The summed E-state index contributed by atoms with van der Waals surface area (Å²) in [5.74, 6) is -5.48. The summed E-state index contributed by atoms with van der Waals surface area (Å²) in [6.07, 6.45) is -0.856. The molecule has 0 aromatic heterocycles. The van der Waals surface area contributed by atoms with Gasteiger partial charge in [-0.15, -0.1) is 0 Å². The minimum atomic E-state index is -1.88. The van der Waals surface area contributed by atoms with Crippen LogP contribution < -0.4 is 0 Å². The lowest BCUT2D eigenvalue weighted by molar-refractivity contribution is -0.163. The molecule has 0 heterocycles. The Balaban J connectivity index is 2.12. The maximum absolute atomic E-state index is 12.9. The van der Waals surface area contributed by atoms with Crippen molar-refractivity contribution in [2.75, 3.05) is 0 Å². The SMILES string of the molecule is CC(=O)OC(=O)C(O)/C(C)=C\c1c(O)cc2c(c1O)C(=O)c1cccc(O)c1C2=O. The number of aliphatic hydroxyl groups excluding tert-OH is 1. The molecule has 1 aliphatic rings. The lowest BCUT2D eigenvalue weighted by Gasteiger charge is -2.21. The van der Waals surface area contributed by atoms with Crippen LogP contribution in [0.4, 0.5) is 0 Å². The molecule has 2 aromatic rings. The molecule has 0 spiro atoms. The van der Waals surface area contributed by atoms with Gasteiger partial charge in [0.2, 0.25) is 0 Å². The molecular weight excluding hydrogens is 396 g/mol. The van der Waals surface area contributed by atoms with E-state index >= 15 is 0 Å². The monoisotopic (exact) mass is 412 g/mol. The van der Waals surface area contributed by atoms with E-state index in [0.717, 1.165) is 19.1 Å². The zero-order valence-corrected chi connectivity index (χ0v) is 15.8. The number of ketones is 2. The normalized spacial score (nSPS) is 14.0. The van der Waals surface area contributed by atoms with Gasteiger partial charge in [0, 0.05) is 18.1 Å². The van der Waals surface area contributed by atoms with Gasteiger partial charge in [-0.3, -0.25) is 14.4 Å². The Labute approximate surface area is 169 Å². The van der Waals surface area contributed by atoms with Crippen LogP contribution in [0.15, 0.2) is 29.8 Å². The van der Waals surface area contributed by atoms with Crippen molar-refractivity contribution < 1.29 is 44.3 Å². The highest BCUT2D eigenvalue weighted by atomic mass is 16.6. The number of carbonyl (C=O) groups excluding carboxylic acids is 4. The molecule has 0 bridgehead atoms. The van der Waals surface area contributed by atoms with Crippen LogP contribution in [0.25, 0.3) is 6.08 Å². The van der Waals surface area contributed by atoms with Crippen molar-refractivity contribution >= 4 is 29.6 Å². The van der Waals surface area contributed by atoms with Gasteiger partial charge in [0.1, 0.15) is 17.2 Å². The molecule has 3 rings (SSSR count). The molecular formula is C21H16O9. The quantitative estimate of drug-likeness (QED) is 0.369. The van der Waals surface area contributed by atoms with Crippen molar-refractivity contribution in [1.29, 1.82) is 0 Å². The number of benzene rings is 2. The number of aromatic hydroxyl groups is 3. The second-order valence-corrected chi connectivity index (χ2v) is 6.64. The van der Waals surface area contributed by atoms with E-state index in [1.807, 2.05) is 0 Å². The number of ether oxygens (including phenoxy) is 1. The molecule has 9 nitrogen and oxygen atoms in total. The molecule has 9 heteroatoms. The van der Waals surface area contributed by atoms with Gasteiger partial charge >= 0.3 is 11.9 Å². The smallest absolute Gasteiger partial charge is 0.346 e. The summed E-state index contributed by atoms with van der Waals surface area (Å²) in [6, 6.07) is 4.86. The summed E-state index contributed by atoms with van der Waals surface area (Å²) < 4.78 is 4.29. The number of hydrogen-bond acceptors (Lipinski definition) is 9. The Morgan fingerprint density at radius 3 is 2.23 bits per heavy atom. The van der Waals surface area contributed by atoms with E-state index in [2.05, 4.69) is 4.74 Å². The zero-order valence-electron chi connectivity index (χ0n) is 15.8. The number of aliphatic hydroxyl groups is 1. The maximum atomic E-state index is 12.9. The third kappa shape index (κ3) is 3.31. The van der Waals surface area contributed by atoms with Crippen LogP contribution >= 0.6 is 0 Å². The predicted molar refractivity (Wildman–Crippen MR) is 101 cm³/mol. The first-order valence-corrected chi connectivity index (χ1v) is 8.63. The fourth-order valence-electron chi connectivity index (χ4n) is 3.15. The van der Waals surface area contributed by atoms with Gasteiger partial charge in [-0.1, -0.05) is 12.1 Å². The number of esters is 2. The van der Waals surface area contributed by atoms with E-state index in [0.29, 0.717) is 0 Å². The molecule has 0 fully saturated rings. The lowest BCUT2D eigenvalue weighted by Crippen LogP contribution is -2.25. The molecule has 0 aliphatic heterocycles. The molecule has 0 saturated heterocycles. The fourth-order valence-corrected chi connectivity index (χ4v) is 3.15. The van der Waals surface area contributed by atoms with Crippen LogP contribution in [0.3, 0.4) is 0 Å². The van der Waals surface area contributed by atoms with E-state index in [1.165, 1.54) is 25.1 Å². The van der Waals surface area contributed by atoms with Crippen molar-refractivity contribution in [2.24, 2.45) is 0 Å². The Kier molecular flexibility index (Phi) is 5.15. The summed E-state index contributed by atoms with van der Waals surface area (Å²) in [5.41, 5.74) is -1.50. The standard InChI is InChI=1S/C21H16O9/c1-8(17(25)21(29)30-9(2)22)6-11-14(24)7-12-16(19(11)27)18(26)10-4-3-5-13(23)15(10)20(12)28/h3-7,17,23-25,27H,1-2H3/b8-6-. The number of phenols is 3. The Morgan fingerprint density at radius 1 is 0.967 bits per heavy atom. The molecule has 0 radical (unpaired) electrons. The highest BCUT2D eigenvalue weighted by molar-refractivity contribution is 6.30. The van der Waals surface area contributed by atoms with E-state index in [1.54, 1.807) is 0 Å². The third-order valence-corrected chi connectivity index (χ3v) is 4.58. The second kappa shape index (κ2) is 7.45. The number of phenolic OH excluding ortho intramolecular Hbond substituents is 3. The molecule has 2 aromatic carbocycles. The average molecular weight is 412 g/mol. The number of fused-ring (bicyclic) bond motifs is 2. The number of carbonyl (C=O) groups is 4. The summed E-state index contributed by atoms with van der Waals surface area (Å²) >= 11 is 0. The average Bonchev–Trinajstić information content (AvgIpc) is 2.67. The van der Waals surface area contributed by atoms with Crippen LogP contribution in [-0.4, -0.2) is 50.0 Å². The predicted octanol–water partition coefficient (Wildman–Crippen LogP) is 1.43. The van der Waals surface area contributed by atoms with Crippen molar-refractivity contribution in [3.63, 3.8) is 0 Å². The lowest BCUT2D eigenvalue weighted by atomic mass is 9.81. The minimum absolute atomic E-state index is 0.112. The Hall–Kier alpha value is -3.98. The maximum Gasteiger partial charge on any atom is 0.346 e. The van der Waals surface area contributed by atoms with Crippen molar-refractivity contribution in [3.05, 3.63) is 57.7 Å². The van der Waals surface area contributed by atoms with Crippen LogP contribution in [0.5, 0.6) is 17.2 Å². The van der Waals surface area contributed by atoms with Crippen molar-refractivity contribution in [1.82, 2.24) is 0 Å². The van der Waals surface area contributed by atoms with Crippen LogP contribution in [0.2, 0.25) is 0 Å². The molecule has 0 saturated carbocycles. The minimum Gasteiger partial charge on any atom is -0.507 e. The summed E-state index contributed by atoms with van der Waals surface area (Å²) in [6.45, 7) is 2.24. The Morgan fingerprint density at radius 2 is 1.60 bits per heavy atom. The van der Waals surface area contributed by atoms with Gasteiger partial charge < -0.3 is 25.2 Å². The number of hydrogen-bond donors (Lipinski definition) is 4. The van der Waals surface area contributed by atoms with Crippen LogP contribution in [0, 0.1) is 0 Å². The van der Waals surface area contributed by atoms with Crippen molar-refractivity contribution in [3.8, 4) is 17.2 Å². The van der Waals surface area contributed by atoms with E-state index < -0.39 is 52.4 Å².